The molecule has 0 saturated carbocycles. The molecule has 0 bridgehead atoms. The maximum Gasteiger partial charge on any atom is 0.335 e. The molecule has 1 aromatic heterocycles. The highest BCUT2D eigenvalue weighted by molar-refractivity contribution is 5.92. The lowest BCUT2D eigenvalue weighted by atomic mass is 10.2. The maximum absolute atomic E-state index is 13.6. The van der Waals surface area contributed by atoms with Gasteiger partial charge in [0.2, 0.25) is 5.91 Å². The zero-order valence-electron chi connectivity index (χ0n) is 10.4. The predicted molar refractivity (Wildman–Crippen MR) is 69.0 cm³/mol. The lowest BCUT2D eigenvalue weighted by Crippen LogP contribution is -2.13. The number of rotatable bonds is 5. The summed E-state index contributed by atoms with van der Waals surface area (Å²) in [6, 6.07) is 6.79. The number of nitrogens with one attached hydrogen (secondary N) is 1. The standard InChI is InChI=1S/C14H12FNO4/c15-11-8-9(14(18)19)3-5-12(11)16-13(17)6-4-10-2-1-7-20-10/h1-3,5,7-8H,4,6H2,(H,16,17)(H,18,19). The first kappa shape index (κ1) is 13.8. The van der Waals surface area contributed by atoms with Crippen LogP contribution in [0, 0.1) is 5.82 Å². The summed E-state index contributed by atoms with van der Waals surface area (Å²) in [7, 11) is 0. The number of aromatic carboxylic acids is 1. The fraction of sp³-hybridized carbons (Fsp3) is 0.143. The van der Waals surface area contributed by atoms with Crippen molar-refractivity contribution in [3.05, 3.63) is 53.7 Å². The summed E-state index contributed by atoms with van der Waals surface area (Å²) in [5.41, 5.74) is -0.212. The van der Waals surface area contributed by atoms with Gasteiger partial charge in [-0.1, -0.05) is 0 Å². The molecule has 20 heavy (non-hydrogen) atoms. The molecule has 6 heteroatoms. The third-order valence-corrected chi connectivity index (χ3v) is 2.67. The fourth-order valence-electron chi connectivity index (χ4n) is 1.65. The molecule has 2 aromatic rings. The molecule has 0 aliphatic carbocycles. The molecule has 2 N–H and O–H groups in total. The first-order valence-electron chi connectivity index (χ1n) is 5.91. The molecule has 0 aliphatic heterocycles. The van der Waals surface area contributed by atoms with Gasteiger partial charge in [0.15, 0.2) is 0 Å². The van der Waals surface area contributed by atoms with Gasteiger partial charge >= 0.3 is 5.97 Å². The first-order chi connectivity index (χ1) is 9.56. The van der Waals surface area contributed by atoms with E-state index in [9.17, 15) is 14.0 Å². The van der Waals surface area contributed by atoms with E-state index in [-0.39, 0.29) is 23.6 Å². The van der Waals surface area contributed by atoms with Crippen molar-refractivity contribution in [1.82, 2.24) is 0 Å². The third kappa shape index (κ3) is 3.44. The van der Waals surface area contributed by atoms with E-state index in [1.54, 1.807) is 12.1 Å². The Morgan fingerprint density at radius 3 is 2.70 bits per heavy atom. The van der Waals surface area contributed by atoms with Crippen LogP contribution in [0.3, 0.4) is 0 Å². The first-order valence-corrected chi connectivity index (χ1v) is 5.91. The highest BCUT2D eigenvalue weighted by Gasteiger charge is 2.11. The quantitative estimate of drug-likeness (QED) is 0.880. The van der Waals surface area contributed by atoms with Gasteiger partial charge in [-0.25, -0.2) is 9.18 Å². The fourth-order valence-corrected chi connectivity index (χ4v) is 1.65. The molecule has 5 nitrogen and oxygen atoms in total. The molecule has 1 heterocycles. The van der Waals surface area contributed by atoms with Crippen LogP contribution in [-0.4, -0.2) is 17.0 Å². The molecule has 104 valence electrons. The van der Waals surface area contributed by atoms with Crippen LogP contribution in [0.2, 0.25) is 0 Å². The van der Waals surface area contributed by atoms with Crippen molar-refractivity contribution < 1.29 is 23.5 Å². The van der Waals surface area contributed by atoms with E-state index in [4.69, 9.17) is 9.52 Å². The van der Waals surface area contributed by atoms with E-state index in [0.29, 0.717) is 12.2 Å². The van der Waals surface area contributed by atoms with Crippen LogP contribution in [0.1, 0.15) is 22.5 Å². The summed E-state index contributed by atoms with van der Waals surface area (Å²) >= 11 is 0. The number of amides is 1. The molecular weight excluding hydrogens is 265 g/mol. The molecular formula is C14H12FNO4. The van der Waals surface area contributed by atoms with Crippen molar-refractivity contribution in [2.75, 3.05) is 5.32 Å². The number of carbonyl (C=O) groups excluding carboxylic acids is 1. The molecule has 0 saturated heterocycles. The lowest BCUT2D eigenvalue weighted by molar-refractivity contribution is -0.116. The Kier molecular flexibility index (Phi) is 4.14. The summed E-state index contributed by atoms with van der Waals surface area (Å²) in [5.74, 6) is -1.71. The Morgan fingerprint density at radius 1 is 1.30 bits per heavy atom. The van der Waals surface area contributed by atoms with Crippen molar-refractivity contribution in [1.29, 1.82) is 0 Å². The Morgan fingerprint density at radius 2 is 2.10 bits per heavy atom. The van der Waals surface area contributed by atoms with Gasteiger partial charge in [0.05, 0.1) is 17.5 Å². The number of benzene rings is 1. The average Bonchev–Trinajstić information content (AvgIpc) is 2.91. The second kappa shape index (κ2) is 6.01. The van der Waals surface area contributed by atoms with Crippen LogP contribution in [0.4, 0.5) is 10.1 Å². The number of carboxylic acid groups (broad SMARTS) is 1. The van der Waals surface area contributed by atoms with E-state index < -0.39 is 11.8 Å². The number of carbonyl (C=O) groups is 2. The molecule has 0 fully saturated rings. The summed E-state index contributed by atoms with van der Waals surface area (Å²) < 4.78 is 18.7. The van der Waals surface area contributed by atoms with E-state index in [2.05, 4.69) is 5.32 Å². The van der Waals surface area contributed by atoms with Crippen LogP contribution in [0.5, 0.6) is 0 Å². The SMILES string of the molecule is O=C(CCc1ccco1)Nc1ccc(C(=O)O)cc1F. The predicted octanol–water partition coefficient (Wildman–Crippen LogP) is 2.69. The number of aryl methyl sites for hydroxylation is 1. The summed E-state index contributed by atoms with van der Waals surface area (Å²) in [6.07, 6.45) is 2.07. The average molecular weight is 277 g/mol. The Hall–Kier alpha value is -2.63. The number of halogens is 1. The smallest absolute Gasteiger partial charge is 0.335 e. The van der Waals surface area contributed by atoms with Gasteiger partial charge in [-0.15, -0.1) is 0 Å². The minimum absolute atomic E-state index is 0.0422. The molecule has 1 aromatic carbocycles. The third-order valence-electron chi connectivity index (χ3n) is 2.67. The van der Waals surface area contributed by atoms with E-state index >= 15 is 0 Å². The number of hydrogen-bond donors (Lipinski definition) is 2. The molecule has 0 unspecified atom stereocenters. The number of furan rings is 1. The summed E-state index contributed by atoms with van der Waals surface area (Å²) in [4.78, 5) is 22.3. The van der Waals surface area contributed by atoms with Crippen molar-refractivity contribution in [3.8, 4) is 0 Å². The van der Waals surface area contributed by atoms with E-state index in [1.807, 2.05) is 0 Å². The van der Waals surface area contributed by atoms with Crippen LogP contribution < -0.4 is 5.32 Å². The van der Waals surface area contributed by atoms with Gasteiger partial charge in [0.25, 0.3) is 0 Å². The van der Waals surface area contributed by atoms with Crippen LogP contribution in [-0.2, 0) is 11.2 Å². The second-order valence-corrected chi connectivity index (χ2v) is 4.13. The largest absolute Gasteiger partial charge is 0.478 e. The Balaban J connectivity index is 1.95. The molecule has 0 atom stereocenters. The Labute approximate surface area is 114 Å². The molecule has 2 rings (SSSR count). The number of carboxylic acids is 1. The van der Waals surface area contributed by atoms with Gasteiger partial charge < -0.3 is 14.8 Å². The van der Waals surface area contributed by atoms with Gasteiger partial charge in [0.1, 0.15) is 11.6 Å². The highest BCUT2D eigenvalue weighted by atomic mass is 19.1. The minimum atomic E-state index is -1.22. The van der Waals surface area contributed by atoms with Gasteiger partial charge in [-0.3, -0.25) is 4.79 Å². The van der Waals surface area contributed by atoms with E-state index in [1.165, 1.54) is 18.4 Å². The molecule has 0 aliphatic rings. The number of anilines is 1. The van der Waals surface area contributed by atoms with Crippen molar-refractivity contribution in [2.45, 2.75) is 12.8 Å². The second-order valence-electron chi connectivity index (χ2n) is 4.13. The van der Waals surface area contributed by atoms with E-state index in [0.717, 1.165) is 6.07 Å². The summed E-state index contributed by atoms with van der Waals surface area (Å²) in [6.45, 7) is 0. The van der Waals surface area contributed by atoms with Crippen molar-refractivity contribution in [2.24, 2.45) is 0 Å². The van der Waals surface area contributed by atoms with Crippen molar-refractivity contribution >= 4 is 17.6 Å². The van der Waals surface area contributed by atoms with Crippen LogP contribution in [0.15, 0.2) is 41.0 Å². The topological polar surface area (TPSA) is 79.5 Å². The molecule has 0 spiro atoms. The van der Waals surface area contributed by atoms with Gasteiger partial charge in [-0.05, 0) is 30.3 Å². The molecule has 1 amide bonds. The normalized spacial score (nSPS) is 10.2. The molecule has 0 radical (unpaired) electrons. The van der Waals surface area contributed by atoms with Gasteiger partial charge in [-0.2, -0.15) is 0 Å². The zero-order chi connectivity index (χ0) is 14.5. The zero-order valence-corrected chi connectivity index (χ0v) is 10.4. The van der Waals surface area contributed by atoms with Crippen LogP contribution in [0.25, 0.3) is 0 Å². The lowest BCUT2D eigenvalue weighted by Gasteiger charge is -2.06. The Bertz CT molecular complexity index is 622. The van der Waals surface area contributed by atoms with Crippen molar-refractivity contribution in [3.63, 3.8) is 0 Å². The monoisotopic (exact) mass is 277 g/mol. The highest BCUT2D eigenvalue weighted by Crippen LogP contribution is 2.16. The minimum Gasteiger partial charge on any atom is -0.478 e. The van der Waals surface area contributed by atoms with Crippen LogP contribution >= 0.6 is 0 Å². The number of hydrogen-bond acceptors (Lipinski definition) is 3. The van der Waals surface area contributed by atoms with Gasteiger partial charge in [0, 0.05) is 12.8 Å². The summed E-state index contributed by atoms with van der Waals surface area (Å²) in [5, 5.41) is 11.1. The maximum atomic E-state index is 13.6.